The van der Waals surface area contributed by atoms with Gasteiger partial charge < -0.3 is 14.5 Å². The highest BCUT2D eigenvalue weighted by atomic mass is 35.5. The van der Waals surface area contributed by atoms with Crippen LogP contribution in [-0.4, -0.2) is 16.3 Å². The zero-order chi connectivity index (χ0) is 22.3. The molecule has 0 spiro atoms. The van der Waals surface area contributed by atoms with Crippen LogP contribution in [0.25, 0.3) is 0 Å². The van der Waals surface area contributed by atoms with Gasteiger partial charge in [0.2, 0.25) is 0 Å². The lowest BCUT2D eigenvalue weighted by Gasteiger charge is -2.11. The summed E-state index contributed by atoms with van der Waals surface area (Å²) in [7, 11) is 0. The Hall–Kier alpha value is -4.15. The van der Waals surface area contributed by atoms with Crippen LogP contribution < -0.4 is 10.1 Å². The number of hydrogen-bond acceptors (Lipinski definition) is 6. The van der Waals surface area contributed by atoms with Crippen molar-refractivity contribution in [1.82, 2.24) is 9.97 Å². The summed E-state index contributed by atoms with van der Waals surface area (Å²) in [6.45, 7) is 0.189. The second-order valence-electron chi connectivity index (χ2n) is 6.54. The Balaban J connectivity index is 1.47. The largest absolute Gasteiger partial charge is 0.487 e. The van der Waals surface area contributed by atoms with Crippen LogP contribution in [0.15, 0.2) is 71.5 Å². The number of rotatable bonds is 6. The van der Waals surface area contributed by atoms with Gasteiger partial charge in [0, 0.05) is 11.9 Å². The van der Waals surface area contributed by atoms with E-state index in [1.165, 1.54) is 24.5 Å². The van der Waals surface area contributed by atoms with Crippen LogP contribution in [-0.2, 0) is 6.61 Å². The van der Waals surface area contributed by atoms with Crippen LogP contribution in [0.3, 0.4) is 0 Å². The van der Waals surface area contributed by atoms with Gasteiger partial charge in [-0.15, -0.1) is 0 Å². The smallest absolute Gasteiger partial charge is 0.185 e. The van der Waals surface area contributed by atoms with Gasteiger partial charge in [-0.1, -0.05) is 29.7 Å². The molecule has 0 aliphatic heterocycles. The fraction of sp³-hybridized carbons (Fsp3) is 0.0417. The highest BCUT2D eigenvalue weighted by Gasteiger charge is 2.08. The molecule has 2 aromatic heterocycles. The van der Waals surface area contributed by atoms with E-state index in [-0.39, 0.29) is 18.2 Å². The van der Waals surface area contributed by atoms with E-state index in [0.717, 1.165) is 0 Å². The highest BCUT2D eigenvalue weighted by Crippen LogP contribution is 2.30. The van der Waals surface area contributed by atoms with Gasteiger partial charge in [0.25, 0.3) is 0 Å². The maximum Gasteiger partial charge on any atom is 0.185 e. The van der Waals surface area contributed by atoms with Crippen molar-refractivity contribution in [3.05, 3.63) is 101 Å². The molecule has 2 heterocycles. The van der Waals surface area contributed by atoms with E-state index in [1.807, 2.05) is 0 Å². The molecule has 2 aromatic carbocycles. The van der Waals surface area contributed by atoms with Crippen molar-refractivity contribution in [2.24, 2.45) is 0 Å². The van der Waals surface area contributed by atoms with Crippen molar-refractivity contribution in [3.63, 3.8) is 0 Å². The Labute approximate surface area is 188 Å². The van der Waals surface area contributed by atoms with E-state index in [2.05, 4.69) is 27.1 Å². The summed E-state index contributed by atoms with van der Waals surface area (Å²) in [6.07, 6.45) is 3.56. The third kappa shape index (κ3) is 5.31. The normalized spacial score (nSPS) is 10.2. The molecule has 32 heavy (non-hydrogen) atoms. The number of ether oxygens (including phenoxy) is 1. The van der Waals surface area contributed by atoms with Gasteiger partial charge in [0.05, 0.1) is 10.6 Å². The summed E-state index contributed by atoms with van der Waals surface area (Å²) in [5.74, 6) is 6.92. The molecule has 0 aliphatic rings. The summed E-state index contributed by atoms with van der Waals surface area (Å²) < 4.78 is 24.2. The summed E-state index contributed by atoms with van der Waals surface area (Å²) >= 11 is 6.35. The lowest BCUT2D eigenvalue weighted by molar-refractivity contribution is 0.110. The van der Waals surface area contributed by atoms with Crippen LogP contribution in [0.4, 0.5) is 15.9 Å². The van der Waals surface area contributed by atoms with E-state index in [4.69, 9.17) is 20.8 Å². The molecular formula is C24H15ClFN3O3. The summed E-state index contributed by atoms with van der Waals surface area (Å²) in [4.78, 5) is 18.9. The zero-order valence-corrected chi connectivity index (χ0v) is 17.3. The monoisotopic (exact) mass is 447 g/mol. The molecule has 0 amide bonds. The molecule has 4 aromatic rings. The third-order valence-electron chi connectivity index (χ3n) is 4.25. The predicted octanol–water partition coefficient (Wildman–Crippen LogP) is 5.40. The second kappa shape index (κ2) is 9.77. The third-order valence-corrected chi connectivity index (χ3v) is 4.55. The molecule has 0 radical (unpaired) electrons. The molecule has 4 rings (SSSR count). The Morgan fingerprint density at radius 3 is 2.84 bits per heavy atom. The number of aldehydes is 1. The Morgan fingerprint density at radius 1 is 1.16 bits per heavy atom. The molecule has 0 saturated heterocycles. The first-order valence-electron chi connectivity index (χ1n) is 9.41. The van der Waals surface area contributed by atoms with Crippen LogP contribution in [0.5, 0.6) is 5.75 Å². The van der Waals surface area contributed by atoms with Gasteiger partial charge in [0.15, 0.2) is 17.8 Å². The predicted molar refractivity (Wildman–Crippen MR) is 118 cm³/mol. The number of hydrogen-bond donors (Lipinski definition) is 1. The Kier molecular flexibility index (Phi) is 6.44. The number of benzene rings is 2. The van der Waals surface area contributed by atoms with Crippen molar-refractivity contribution in [2.45, 2.75) is 6.61 Å². The van der Waals surface area contributed by atoms with Crippen LogP contribution >= 0.6 is 11.6 Å². The number of nitrogens with one attached hydrogen (secondary N) is 1. The van der Waals surface area contributed by atoms with Gasteiger partial charge in [-0.05, 0) is 53.9 Å². The van der Waals surface area contributed by atoms with Crippen LogP contribution in [0, 0.1) is 17.7 Å². The summed E-state index contributed by atoms with van der Waals surface area (Å²) in [6, 6.07) is 14.5. The van der Waals surface area contributed by atoms with Crippen LogP contribution in [0.1, 0.15) is 27.4 Å². The molecule has 158 valence electrons. The molecule has 0 atom stereocenters. The molecular weight excluding hydrogens is 433 g/mol. The second-order valence-corrected chi connectivity index (χ2v) is 6.95. The lowest BCUT2D eigenvalue weighted by Crippen LogP contribution is -1.99. The number of nitrogens with zero attached hydrogens (tertiary/aromatic N) is 2. The Morgan fingerprint density at radius 2 is 2.06 bits per heavy atom. The molecule has 6 nitrogen and oxygen atoms in total. The SMILES string of the molecule is O=Cc1ccc(C#Cc2cncnc2Nc2ccc(OCc3cccc(F)c3)c(Cl)c2)o1. The molecule has 0 bridgehead atoms. The average Bonchev–Trinajstić information content (AvgIpc) is 3.26. The van der Waals surface area contributed by atoms with Crippen molar-refractivity contribution in [1.29, 1.82) is 0 Å². The lowest BCUT2D eigenvalue weighted by atomic mass is 10.2. The molecule has 0 unspecified atom stereocenters. The van der Waals surface area contributed by atoms with Gasteiger partial charge in [0.1, 0.15) is 30.3 Å². The van der Waals surface area contributed by atoms with Crippen molar-refractivity contribution >= 4 is 29.4 Å². The minimum atomic E-state index is -0.322. The van der Waals surface area contributed by atoms with Crippen molar-refractivity contribution in [2.75, 3.05) is 5.32 Å². The Bertz CT molecular complexity index is 1330. The highest BCUT2D eigenvalue weighted by molar-refractivity contribution is 6.32. The number of halogens is 2. The first-order valence-corrected chi connectivity index (χ1v) is 9.79. The fourth-order valence-electron chi connectivity index (χ4n) is 2.75. The number of carbonyl (C=O) groups excluding carboxylic acids is 1. The van der Waals surface area contributed by atoms with Gasteiger partial charge in [-0.25, -0.2) is 14.4 Å². The van der Waals surface area contributed by atoms with E-state index < -0.39 is 0 Å². The first kappa shape index (κ1) is 21.1. The van der Waals surface area contributed by atoms with E-state index >= 15 is 0 Å². The standard InChI is InChI=1S/C24H15ClFN3O3/c25-22-11-19(5-9-23(22)31-14-16-2-1-3-18(26)10-16)29-24-17(12-27-15-28-24)4-6-20-7-8-21(13-30)32-20/h1-3,5,7-13,15H,14H2,(H,27,28,29). The maximum absolute atomic E-state index is 13.3. The van der Waals surface area contributed by atoms with E-state index in [9.17, 15) is 9.18 Å². The zero-order valence-electron chi connectivity index (χ0n) is 16.5. The molecule has 0 saturated carbocycles. The maximum atomic E-state index is 13.3. The van der Waals surface area contributed by atoms with Gasteiger partial charge >= 0.3 is 0 Å². The van der Waals surface area contributed by atoms with Crippen molar-refractivity contribution < 1.29 is 18.3 Å². The minimum absolute atomic E-state index is 0.189. The fourth-order valence-corrected chi connectivity index (χ4v) is 2.99. The van der Waals surface area contributed by atoms with Gasteiger partial charge in [-0.3, -0.25) is 4.79 Å². The quantitative estimate of drug-likeness (QED) is 0.315. The molecule has 1 N–H and O–H groups in total. The number of furan rings is 1. The number of carbonyl (C=O) groups is 1. The van der Waals surface area contributed by atoms with Crippen molar-refractivity contribution in [3.8, 4) is 17.6 Å². The topological polar surface area (TPSA) is 77.2 Å². The molecule has 0 aliphatic carbocycles. The molecule has 0 fully saturated rings. The summed E-state index contributed by atoms with van der Waals surface area (Å²) in [5, 5.41) is 3.52. The number of aromatic nitrogens is 2. The minimum Gasteiger partial charge on any atom is -0.487 e. The first-order chi connectivity index (χ1) is 15.6. The molecule has 8 heteroatoms. The average molecular weight is 448 g/mol. The van der Waals surface area contributed by atoms with Gasteiger partial charge in [-0.2, -0.15) is 0 Å². The van der Waals surface area contributed by atoms with Crippen LogP contribution in [0.2, 0.25) is 5.02 Å². The van der Waals surface area contributed by atoms with E-state index in [0.29, 0.717) is 45.5 Å². The summed E-state index contributed by atoms with van der Waals surface area (Å²) in [5.41, 5.74) is 1.89. The number of anilines is 2. The van der Waals surface area contributed by atoms with E-state index in [1.54, 1.807) is 42.6 Å².